The van der Waals surface area contributed by atoms with E-state index in [4.69, 9.17) is 19.8 Å². The van der Waals surface area contributed by atoms with Crippen LogP contribution in [-0.4, -0.2) is 51.8 Å². The molecule has 0 saturated carbocycles. The minimum atomic E-state index is -1.82. The van der Waals surface area contributed by atoms with Gasteiger partial charge in [0.15, 0.2) is 0 Å². The first-order valence-electron chi connectivity index (χ1n) is 10.8. The highest BCUT2D eigenvalue weighted by Crippen LogP contribution is 2.43. The summed E-state index contributed by atoms with van der Waals surface area (Å²) in [4.78, 5) is 20.8. The molecule has 3 rings (SSSR count). The van der Waals surface area contributed by atoms with Crippen molar-refractivity contribution in [3.05, 3.63) is 65.7 Å². The molecule has 6 heteroatoms. The molecule has 2 atom stereocenters. The van der Waals surface area contributed by atoms with Gasteiger partial charge in [0.05, 0.1) is 0 Å². The van der Waals surface area contributed by atoms with Crippen LogP contribution in [0, 0.1) is 5.92 Å². The molecule has 168 valence electrons. The summed E-state index contributed by atoms with van der Waals surface area (Å²) in [7, 11) is 0. The fraction of sp³-hybridized carbons (Fsp3) is 0.440. The minimum Gasteiger partial charge on any atom is -0.508 e. The second-order valence-electron chi connectivity index (χ2n) is 8.27. The Morgan fingerprint density at radius 3 is 2.32 bits per heavy atom. The largest absolute Gasteiger partial charge is 0.508 e. The standard InChI is InChI=1S/C23H31NO.C2H2O4/c1-3-14-23(21-10-7-11-22(25)17-21)18-24(15-12-19(23)2)16-13-20-8-5-4-6-9-20;3-1(4)2(5)6/h4-11,17,19,25H,3,12-16,18H2,1-2H3;(H,3,4)(H,5,6). The third kappa shape index (κ3) is 6.82. The molecule has 2 unspecified atom stereocenters. The van der Waals surface area contributed by atoms with E-state index in [0.717, 1.165) is 19.5 Å². The molecule has 0 amide bonds. The molecule has 1 aliphatic rings. The number of aromatic hydroxyl groups is 1. The Morgan fingerprint density at radius 2 is 1.74 bits per heavy atom. The van der Waals surface area contributed by atoms with Crippen molar-refractivity contribution in [1.29, 1.82) is 0 Å². The van der Waals surface area contributed by atoms with Crippen molar-refractivity contribution >= 4 is 11.9 Å². The summed E-state index contributed by atoms with van der Waals surface area (Å²) in [6.45, 7) is 8.06. The van der Waals surface area contributed by atoms with Gasteiger partial charge in [-0.3, -0.25) is 0 Å². The van der Waals surface area contributed by atoms with Crippen LogP contribution in [0.5, 0.6) is 5.75 Å². The molecule has 3 N–H and O–H groups in total. The lowest BCUT2D eigenvalue weighted by molar-refractivity contribution is -0.159. The van der Waals surface area contributed by atoms with Crippen molar-refractivity contribution in [1.82, 2.24) is 4.90 Å². The summed E-state index contributed by atoms with van der Waals surface area (Å²) in [6, 6.07) is 18.8. The zero-order chi connectivity index (χ0) is 22.9. The molecule has 0 aliphatic carbocycles. The predicted octanol–water partition coefficient (Wildman–Crippen LogP) is 4.17. The average Bonchev–Trinajstić information content (AvgIpc) is 2.75. The van der Waals surface area contributed by atoms with Crippen LogP contribution in [0.3, 0.4) is 0 Å². The Morgan fingerprint density at radius 1 is 1.06 bits per heavy atom. The van der Waals surface area contributed by atoms with Crippen LogP contribution in [-0.2, 0) is 21.4 Å². The summed E-state index contributed by atoms with van der Waals surface area (Å²) in [5.74, 6) is -2.62. The Labute approximate surface area is 184 Å². The van der Waals surface area contributed by atoms with Crippen molar-refractivity contribution in [3.8, 4) is 5.75 Å². The fourth-order valence-electron chi connectivity index (χ4n) is 4.52. The van der Waals surface area contributed by atoms with Gasteiger partial charge in [-0.15, -0.1) is 0 Å². The molecule has 2 aromatic rings. The zero-order valence-electron chi connectivity index (χ0n) is 18.3. The number of piperidine rings is 1. The predicted molar refractivity (Wildman–Crippen MR) is 120 cm³/mol. The number of aliphatic carboxylic acids is 2. The molecule has 1 fully saturated rings. The molecule has 0 spiro atoms. The lowest BCUT2D eigenvalue weighted by atomic mass is 9.65. The smallest absolute Gasteiger partial charge is 0.414 e. The van der Waals surface area contributed by atoms with Gasteiger partial charge in [0.25, 0.3) is 0 Å². The first-order valence-corrected chi connectivity index (χ1v) is 10.8. The van der Waals surface area contributed by atoms with Crippen molar-refractivity contribution in [2.75, 3.05) is 19.6 Å². The van der Waals surface area contributed by atoms with E-state index >= 15 is 0 Å². The number of rotatable bonds is 6. The summed E-state index contributed by atoms with van der Waals surface area (Å²) in [6.07, 6.45) is 4.69. The lowest BCUT2D eigenvalue weighted by Crippen LogP contribution is -2.51. The second-order valence-corrected chi connectivity index (χ2v) is 8.27. The lowest BCUT2D eigenvalue weighted by Gasteiger charge is -2.48. The molecule has 6 nitrogen and oxygen atoms in total. The molecule has 0 aromatic heterocycles. The van der Waals surface area contributed by atoms with E-state index in [-0.39, 0.29) is 5.41 Å². The van der Waals surface area contributed by atoms with Gasteiger partial charge in [0.2, 0.25) is 0 Å². The summed E-state index contributed by atoms with van der Waals surface area (Å²) in [5.41, 5.74) is 2.88. The number of carboxylic acids is 2. The number of carbonyl (C=O) groups is 2. The molecular formula is C25H33NO5. The number of phenolic OH excluding ortho intramolecular Hbond substituents is 1. The van der Waals surface area contributed by atoms with Crippen LogP contribution >= 0.6 is 0 Å². The van der Waals surface area contributed by atoms with Gasteiger partial charge in [-0.2, -0.15) is 0 Å². The van der Waals surface area contributed by atoms with Gasteiger partial charge in [-0.25, -0.2) is 9.59 Å². The highest BCUT2D eigenvalue weighted by atomic mass is 16.4. The van der Waals surface area contributed by atoms with Crippen molar-refractivity contribution in [2.24, 2.45) is 5.92 Å². The van der Waals surface area contributed by atoms with Crippen molar-refractivity contribution < 1.29 is 24.9 Å². The Balaban J connectivity index is 0.000000501. The number of nitrogens with zero attached hydrogens (tertiary/aromatic N) is 1. The molecule has 1 aliphatic heterocycles. The zero-order valence-corrected chi connectivity index (χ0v) is 18.3. The number of likely N-dealkylation sites (tertiary alicyclic amines) is 1. The SMILES string of the molecule is CCCC1(c2cccc(O)c2)CN(CCc2ccccc2)CCC1C.O=C(O)C(=O)O. The van der Waals surface area contributed by atoms with Crippen LogP contribution < -0.4 is 0 Å². The third-order valence-corrected chi connectivity index (χ3v) is 6.19. The first kappa shape index (κ1) is 24.4. The van der Waals surface area contributed by atoms with E-state index < -0.39 is 11.9 Å². The molecule has 0 radical (unpaired) electrons. The Bertz CT molecular complexity index is 842. The van der Waals surface area contributed by atoms with Crippen LogP contribution in [0.2, 0.25) is 0 Å². The molecule has 2 aromatic carbocycles. The van der Waals surface area contributed by atoms with Crippen LogP contribution in [0.1, 0.15) is 44.2 Å². The highest BCUT2D eigenvalue weighted by Gasteiger charge is 2.41. The molecule has 31 heavy (non-hydrogen) atoms. The number of hydrogen-bond acceptors (Lipinski definition) is 4. The topological polar surface area (TPSA) is 98.1 Å². The number of benzene rings is 2. The van der Waals surface area contributed by atoms with E-state index in [1.807, 2.05) is 12.1 Å². The van der Waals surface area contributed by atoms with Crippen LogP contribution in [0.25, 0.3) is 0 Å². The first-order chi connectivity index (χ1) is 14.8. The summed E-state index contributed by atoms with van der Waals surface area (Å²) < 4.78 is 0. The van der Waals surface area contributed by atoms with Gasteiger partial charge in [-0.05, 0) is 55.0 Å². The van der Waals surface area contributed by atoms with Gasteiger partial charge in [0.1, 0.15) is 5.75 Å². The monoisotopic (exact) mass is 427 g/mol. The van der Waals surface area contributed by atoms with E-state index in [0.29, 0.717) is 11.7 Å². The van der Waals surface area contributed by atoms with Crippen molar-refractivity contribution in [3.63, 3.8) is 0 Å². The maximum Gasteiger partial charge on any atom is 0.414 e. The van der Waals surface area contributed by atoms with E-state index in [9.17, 15) is 5.11 Å². The van der Waals surface area contributed by atoms with E-state index in [1.165, 1.54) is 36.9 Å². The van der Waals surface area contributed by atoms with Crippen LogP contribution in [0.15, 0.2) is 54.6 Å². The molecular weight excluding hydrogens is 394 g/mol. The fourth-order valence-corrected chi connectivity index (χ4v) is 4.52. The Kier molecular flexibility index (Phi) is 9.06. The number of phenols is 1. The maximum atomic E-state index is 10.0. The highest BCUT2D eigenvalue weighted by molar-refractivity contribution is 6.27. The Hall–Kier alpha value is -2.86. The van der Waals surface area contributed by atoms with Crippen molar-refractivity contribution in [2.45, 2.75) is 44.9 Å². The molecule has 1 saturated heterocycles. The van der Waals surface area contributed by atoms with E-state index in [2.05, 4.69) is 55.1 Å². The summed E-state index contributed by atoms with van der Waals surface area (Å²) >= 11 is 0. The third-order valence-electron chi connectivity index (χ3n) is 6.19. The normalized spacial score (nSPS) is 21.0. The van der Waals surface area contributed by atoms with E-state index in [1.54, 1.807) is 6.07 Å². The van der Waals surface area contributed by atoms with Gasteiger partial charge in [0, 0.05) is 18.5 Å². The molecule has 0 bridgehead atoms. The van der Waals surface area contributed by atoms with Crippen LogP contribution in [0.4, 0.5) is 0 Å². The quantitative estimate of drug-likeness (QED) is 0.599. The van der Waals surface area contributed by atoms with Gasteiger partial charge < -0.3 is 20.2 Å². The average molecular weight is 428 g/mol. The van der Waals surface area contributed by atoms with Gasteiger partial charge in [-0.1, -0.05) is 62.7 Å². The minimum absolute atomic E-state index is 0.155. The number of hydrogen-bond donors (Lipinski definition) is 3. The maximum absolute atomic E-state index is 10.0. The second kappa shape index (κ2) is 11.5. The molecule has 1 heterocycles. The number of carboxylic acid groups (broad SMARTS) is 2. The van der Waals surface area contributed by atoms with Gasteiger partial charge >= 0.3 is 11.9 Å². The summed E-state index contributed by atoms with van der Waals surface area (Å²) in [5, 5.41) is 24.8.